The highest BCUT2D eigenvalue weighted by Gasteiger charge is 2.21. The molecule has 0 aromatic heterocycles. The first kappa shape index (κ1) is 7.03. The lowest BCUT2D eigenvalue weighted by Gasteiger charge is -2.08. The molecule has 1 saturated carbocycles. The molecule has 1 fully saturated rings. The lowest BCUT2D eigenvalue weighted by Crippen LogP contribution is -2.20. The van der Waals surface area contributed by atoms with Gasteiger partial charge in [0.05, 0.1) is 6.10 Å². The van der Waals surface area contributed by atoms with Gasteiger partial charge in [-0.1, -0.05) is 0 Å². The maximum atomic E-state index is 5.39. The number of ether oxygens (including phenoxy) is 1. The van der Waals surface area contributed by atoms with E-state index in [0.717, 1.165) is 12.5 Å². The Bertz CT molecular complexity index is 81.0. The Morgan fingerprint density at radius 2 is 2.33 bits per heavy atom. The minimum atomic E-state index is 0.255. The summed E-state index contributed by atoms with van der Waals surface area (Å²) in [6, 6.07) is 0. The van der Waals surface area contributed by atoms with Crippen molar-refractivity contribution >= 4 is 0 Å². The van der Waals surface area contributed by atoms with Crippen LogP contribution in [0.15, 0.2) is 0 Å². The van der Waals surface area contributed by atoms with Crippen molar-refractivity contribution in [2.45, 2.75) is 25.9 Å². The van der Waals surface area contributed by atoms with Crippen LogP contribution in [-0.2, 0) is 4.74 Å². The molecule has 0 spiro atoms. The molecule has 0 bridgehead atoms. The third kappa shape index (κ3) is 2.82. The van der Waals surface area contributed by atoms with Crippen molar-refractivity contribution in [3.05, 3.63) is 0 Å². The van der Waals surface area contributed by atoms with E-state index >= 15 is 0 Å². The van der Waals surface area contributed by atoms with E-state index in [0.29, 0.717) is 6.54 Å². The van der Waals surface area contributed by atoms with Crippen LogP contribution in [0.1, 0.15) is 19.8 Å². The molecule has 54 valence electrons. The highest BCUT2D eigenvalue weighted by atomic mass is 16.5. The Labute approximate surface area is 56.4 Å². The van der Waals surface area contributed by atoms with Crippen LogP contribution >= 0.6 is 0 Å². The summed E-state index contributed by atoms with van der Waals surface area (Å²) in [5, 5.41) is 0. The summed E-state index contributed by atoms with van der Waals surface area (Å²) in [6.07, 6.45) is 2.97. The molecule has 0 aromatic carbocycles. The largest absolute Gasteiger partial charge is 0.377 e. The Morgan fingerprint density at radius 3 is 2.78 bits per heavy atom. The second-order valence-corrected chi connectivity index (χ2v) is 2.82. The van der Waals surface area contributed by atoms with Crippen molar-refractivity contribution in [2.75, 3.05) is 13.2 Å². The minimum Gasteiger partial charge on any atom is -0.377 e. The van der Waals surface area contributed by atoms with Crippen LogP contribution in [0.3, 0.4) is 0 Å². The first-order chi connectivity index (χ1) is 4.33. The lowest BCUT2D eigenvalue weighted by atomic mass is 10.4. The van der Waals surface area contributed by atoms with Gasteiger partial charge in [0.2, 0.25) is 0 Å². The molecule has 0 aliphatic heterocycles. The molecular formula is C7H15NO. The summed E-state index contributed by atoms with van der Waals surface area (Å²) < 4.78 is 5.39. The van der Waals surface area contributed by atoms with Gasteiger partial charge in [0.1, 0.15) is 0 Å². The fourth-order valence-corrected chi connectivity index (χ4v) is 0.653. The average molecular weight is 129 g/mol. The summed E-state index contributed by atoms with van der Waals surface area (Å²) in [4.78, 5) is 0. The molecule has 0 amide bonds. The second kappa shape index (κ2) is 3.18. The fraction of sp³-hybridized carbons (Fsp3) is 1.00. The van der Waals surface area contributed by atoms with Gasteiger partial charge in [0.25, 0.3) is 0 Å². The molecule has 1 aliphatic rings. The highest BCUT2D eigenvalue weighted by molar-refractivity contribution is 4.72. The van der Waals surface area contributed by atoms with Crippen LogP contribution in [0, 0.1) is 5.92 Å². The molecule has 1 atom stereocenters. The van der Waals surface area contributed by atoms with E-state index in [2.05, 4.69) is 0 Å². The Balaban J connectivity index is 1.90. The number of rotatable bonds is 4. The van der Waals surface area contributed by atoms with Crippen LogP contribution in [0.25, 0.3) is 0 Å². The van der Waals surface area contributed by atoms with Gasteiger partial charge in [0.15, 0.2) is 0 Å². The van der Waals surface area contributed by atoms with Crippen LogP contribution in [0.2, 0.25) is 0 Å². The van der Waals surface area contributed by atoms with Crippen molar-refractivity contribution < 1.29 is 4.74 Å². The Hall–Kier alpha value is -0.0800. The van der Waals surface area contributed by atoms with Gasteiger partial charge in [-0.15, -0.1) is 0 Å². The van der Waals surface area contributed by atoms with Crippen molar-refractivity contribution in [2.24, 2.45) is 11.7 Å². The smallest absolute Gasteiger partial charge is 0.0669 e. The molecule has 0 aromatic rings. The van der Waals surface area contributed by atoms with Gasteiger partial charge >= 0.3 is 0 Å². The van der Waals surface area contributed by atoms with Crippen molar-refractivity contribution in [3.8, 4) is 0 Å². The maximum absolute atomic E-state index is 5.39. The van der Waals surface area contributed by atoms with Crippen molar-refractivity contribution in [3.63, 3.8) is 0 Å². The number of hydrogen-bond donors (Lipinski definition) is 1. The second-order valence-electron chi connectivity index (χ2n) is 2.82. The number of nitrogens with two attached hydrogens (primary N) is 1. The zero-order valence-corrected chi connectivity index (χ0v) is 5.97. The topological polar surface area (TPSA) is 35.2 Å². The van der Waals surface area contributed by atoms with E-state index < -0.39 is 0 Å². The third-order valence-corrected chi connectivity index (χ3v) is 1.65. The number of hydrogen-bond acceptors (Lipinski definition) is 2. The summed E-state index contributed by atoms with van der Waals surface area (Å²) in [6.45, 7) is 3.59. The third-order valence-electron chi connectivity index (χ3n) is 1.65. The first-order valence-corrected chi connectivity index (χ1v) is 3.64. The summed E-state index contributed by atoms with van der Waals surface area (Å²) in [5.74, 6) is 0.860. The lowest BCUT2D eigenvalue weighted by molar-refractivity contribution is 0.0641. The molecule has 2 N–H and O–H groups in total. The predicted molar refractivity (Wildman–Crippen MR) is 37.2 cm³/mol. The van der Waals surface area contributed by atoms with E-state index in [1.54, 1.807) is 0 Å². The van der Waals surface area contributed by atoms with Crippen LogP contribution in [0.5, 0.6) is 0 Å². The molecule has 2 nitrogen and oxygen atoms in total. The zero-order valence-electron chi connectivity index (χ0n) is 5.97. The summed E-state index contributed by atoms with van der Waals surface area (Å²) in [7, 11) is 0. The fourth-order valence-electron chi connectivity index (χ4n) is 0.653. The predicted octanol–water partition coefficient (Wildman–Crippen LogP) is 0.760. The molecule has 0 saturated heterocycles. The molecule has 9 heavy (non-hydrogen) atoms. The van der Waals surface area contributed by atoms with Crippen molar-refractivity contribution in [1.82, 2.24) is 0 Å². The van der Waals surface area contributed by atoms with E-state index in [1.165, 1.54) is 12.8 Å². The van der Waals surface area contributed by atoms with Crippen LogP contribution in [0.4, 0.5) is 0 Å². The van der Waals surface area contributed by atoms with Crippen molar-refractivity contribution in [1.29, 1.82) is 0 Å². The van der Waals surface area contributed by atoms with E-state index in [1.807, 2.05) is 6.92 Å². The monoisotopic (exact) mass is 129 g/mol. The molecule has 2 heteroatoms. The van der Waals surface area contributed by atoms with Crippen LogP contribution < -0.4 is 5.73 Å². The Morgan fingerprint density at radius 1 is 1.67 bits per heavy atom. The molecule has 1 rings (SSSR count). The zero-order chi connectivity index (χ0) is 6.69. The quantitative estimate of drug-likeness (QED) is 0.608. The van der Waals surface area contributed by atoms with E-state index in [4.69, 9.17) is 10.5 Å². The maximum Gasteiger partial charge on any atom is 0.0669 e. The molecule has 0 unspecified atom stereocenters. The normalized spacial score (nSPS) is 22.0. The van der Waals surface area contributed by atoms with Gasteiger partial charge in [0, 0.05) is 13.2 Å². The van der Waals surface area contributed by atoms with E-state index in [-0.39, 0.29) is 6.10 Å². The molecular weight excluding hydrogens is 114 g/mol. The highest BCUT2D eigenvalue weighted by Crippen LogP contribution is 2.28. The van der Waals surface area contributed by atoms with Crippen LogP contribution in [-0.4, -0.2) is 19.3 Å². The first-order valence-electron chi connectivity index (χ1n) is 3.64. The molecule has 0 heterocycles. The van der Waals surface area contributed by atoms with E-state index in [9.17, 15) is 0 Å². The average Bonchev–Trinajstić information content (AvgIpc) is 2.65. The van der Waals surface area contributed by atoms with Gasteiger partial charge in [-0.05, 0) is 25.7 Å². The molecule has 0 radical (unpaired) electrons. The van der Waals surface area contributed by atoms with Gasteiger partial charge in [-0.25, -0.2) is 0 Å². The van der Waals surface area contributed by atoms with Gasteiger partial charge < -0.3 is 10.5 Å². The standard InChI is InChI=1S/C7H15NO/c1-6(4-8)9-5-7-2-3-7/h6-7H,2-5,8H2,1H3/t6-/m0/s1. The minimum absolute atomic E-state index is 0.255. The van der Waals surface area contributed by atoms with Gasteiger partial charge in [-0.3, -0.25) is 0 Å². The SMILES string of the molecule is C[C@@H](CN)OCC1CC1. The summed E-state index contributed by atoms with van der Waals surface area (Å²) in [5.41, 5.74) is 5.35. The Kier molecular flexibility index (Phi) is 2.49. The van der Waals surface area contributed by atoms with Gasteiger partial charge in [-0.2, -0.15) is 0 Å². The summed E-state index contributed by atoms with van der Waals surface area (Å²) >= 11 is 0. The molecule has 1 aliphatic carbocycles.